The summed E-state index contributed by atoms with van der Waals surface area (Å²) in [5, 5.41) is 8.48. The minimum Gasteiger partial charge on any atom is -0.497 e. The molecule has 0 N–H and O–H groups in total. The van der Waals surface area contributed by atoms with Crippen LogP contribution in [0, 0.1) is 11.8 Å². The van der Waals surface area contributed by atoms with Gasteiger partial charge in [-0.15, -0.1) is 10.2 Å². The second kappa shape index (κ2) is 6.71. The van der Waals surface area contributed by atoms with Gasteiger partial charge in [0, 0.05) is 18.7 Å². The lowest BCUT2D eigenvalue weighted by atomic mass is 9.91. The summed E-state index contributed by atoms with van der Waals surface area (Å²) in [5.74, 6) is 3.50. The van der Waals surface area contributed by atoms with E-state index in [1.54, 1.807) is 7.11 Å². The summed E-state index contributed by atoms with van der Waals surface area (Å²) in [6.07, 6.45) is 1.30. The Kier molecular flexibility index (Phi) is 4.66. The van der Waals surface area contributed by atoms with Gasteiger partial charge in [0.05, 0.1) is 13.2 Å². The molecule has 1 saturated heterocycles. The van der Waals surface area contributed by atoms with E-state index in [4.69, 9.17) is 9.15 Å². The average Bonchev–Trinajstić information content (AvgIpc) is 3.03. The highest BCUT2D eigenvalue weighted by Gasteiger charge is 2.28. The molecule has 1 aromatic carbocycles. The molecular formula is C18H25N3O2. The molecule has 5 nitrogen and oxygen atoms in total. The van der Waals surface area contributed by atoms with Gasteiger partial charge in [-0.05, 0) is 49.4 Å². The first-order valence-corrected chi connectivity index (χ1v) is 8.28. The zero-order valence-corrected chi connectivity index (χ0v) is 14.3. The van der Waals surface area contributed by atoms with E-state index in [2.05, 4.69) is 35.9 Å². The predicted molar refractivity (Wildman–Crippen MR) is 89.2 cm³/mol. The van der Waals surface area contributed by atoms with Gasteiger partial charge >= 0.3 is 0 Å². The van der Waals surface area contributed by atoms with Crippen molar-refractivity contribution < 1.29 is 9.15 Å². The number of nitrogens with zero attached hydrogens (tertiary/aromatic N) is 3. The molecule has 1 aliphatic rings. The number of aromatic nitrogens is 2. The number of piperidine rings is 1. The van der Waals surface area contributed by atoms with Gasteiger partial charge in [-0.2, -0.15) is 0 Å². The van der Waals surface area contributed by atoms with Crippen molar-refractivity contribution in [1.29, 1.82) is 0 Å². The molecule has 1 fully saturated rings. The molecule has 124 valence electrons. The quantitative estimate of drug-likeness (QED) is 0.859. The molecule has 3 rings (SSSR count). The summed E-state index contributed by atoms with van der Waals surface area (Å²) < 4.78 is 11.1. The monoisotopic (exact) mass is 315 g/mol. The second-order valence-electron chi connectivity index (χ2n) is 6.75. The maximum Gasteiger partial charge on any atom is 0.247 e. The van der Waals surface area contributed by atoms with Crippen LogP contribution in [-0.2, 0) is 0 Å². The Balaban J connectivity index is 1.75. The number of hydrogen-bond acceptors (Lipinski definition) is 5. The number of rotatable bonds is 4. The Labute approximate surface area is 137 Å². The van der Waals surface area contributed by atoms with Crippen molar-refractivity contribution in [2.75, 3.05) is 20.2 Å². The van der Waals surface area contributed by atoms with Crippen LogP contribution < -0.4 is 4.74 Å². The number of hydrogen-bond donors (Lipinski definition) is 0. The highest BCUT2D eigenvalue weighted by molar-refractivity contribution is 5.53. The van der Waals surface area contributed by atoms with Crippen LogP contribution >= 0.6 is 0 Å². The first kappa shape index (κ1) is 16.0. The van der Waals surface area contributed by atoms with Crippen LogP contribution in [0.5, 0.6) is 5.75 Å². The Morgan fingerprint density at radius 1 is 1.13 bits per heavy atom. The van der Waals surface area contributed by atoms with Gasteiger partial charge in [0.1, 0.15) is 5.75 Å². The van der Waals surface area contributed by atoms with Gasteiger partial charge in [-0.3, -0.25) is 4.90 Å². The molecule has 0 bridgehead atoms. The minimum atomic E-state index is 0.152. The highest BCUT2D eigenvalue weighted by atomic mass is 16.5. The van der Waals surface area contributed by atoms with Gasteiger partial charge in [0.2, 0.25) is 11.8 Å². The lowest BCUT2D eigenvalue weighted by Crippen LogP contribution is -2.40. The van der Waals surface area contributed by atoms with Gasteiger partial charge in [0.25, 0.3) is 0 Å². The van der Waals surface area contributed by atoms with E-state index in [0.717, 1.165) is 24.4 Å². The van der Waals surface area contributed by atoms with Gasteiger partial charge in [0.15, 0.2) is 0 Å². The standard InChI is InChI=1S/C18H25N3O2/c1-12-9-13(2)11-21(10-12)14(3)17-19-20-18(23-17)15-5-7-16(22-4)8-6-15/h5-8,12-14H,9-11H2,1-4H3/t12-,13-,14-/m0/s1. The average molecular weight is 315 g/mol. The minimum absolute atomic E-state index is 0.152. The molecule has 1 aromatic heterocycles. The zero-order chi connectivity index (χ0) is 16.4. The Hall–Kier alpha value is -1.88. The van der Waals surface area contributed by atoms with E-state index >= 15 is 0 Å². The van der Waals surface area contributed by atoms with E-state index in [9.17, 15) is 0 Å². The van der Waals surface area contributed by atoms with Crippen molar-refractivity contribution in [3.63, 3.8) is 0 Å². The maximum atomic E-state index is 5.92. The Bertz CT molecular complexity index is 628. The molecule has 23 heavy (non-hydrogen) atoms. The van der Waals surface area contributed by atoms with E-state index in [0.29, 0.717) is 23.6 Å². The molecule has 0 saturated carbocycles. The van der Waals surface area contributed by atoms with Crippen LogP contribution in [0.15, 0.2) is 28.7 Å². The fraction of sp³-hybridized carbons (Fsp3) is 0.556. The van der Waals surface area contributed by atoms with Crippen LogP contribution in [-0.4, -0.2) is 35.3 Å². The summed E-state index contributed by atoms with van der Waals surface area (Å²) in [6.45, 7) is 8.95. The fourth-order valence-electron chi connectivity index (χ4n) is 3.44. The molecule has 0 unspecified atom stereocenters. The molecule has 0 radical (unpaired) electrons. The fourth-order valence-corrected chi connectivity index (χ4v) is 3.44. The second-order valence-corrected chi connectivity index (χ2v) is 6.75. The lowest BCUT2D eigenvalue weighted by Gasteiger charge is -2.37. The van der Waals surface area contributed by atoms with Crippen molar-refractivity contribution in [3.05, 3.63) is 30.2 Å². The Morgan fingerprint density at radius 3 is 2.39 bits per heavy atom. The summed E-state index contributed by atoms with van der Waals surface area (Å²) in [4.78, 5) is 2.45. The molecule has 0 amide bonds. The summed E-state index contributed by atoms with van der Waals surface area (Å²) in [7, 11) is 1.65. The summed E-state index contributed by atoms with van der Waals surface area (Å²) >= 11 is 0. The van der Waals surface area contributed by atoms with Crippen molar-refractivity contribution in [2.24, 2.45) is 11.8 Å². The van der Waals surface area contributed by atoms with E-state index in [-0.39, 0.29) is 6.04 Å². The molecule has 3 atom stereocenters. The lowest BCUT2D eigenvalue weighted by molar-refractivity contribution is 0.0903. The van der Waals surface area contributed by atoms with Crippen molar-refractivity contribution >= 4 is 0 Å². The van der Waals surface area contributed by atoms with Crippen molar-refractivity contribution in [2.45, 2.75) is 33.2 Å². The number of likely N-dealkylation sites (tertiary alicyclic amines) is 1. The first-order chi connectivity index (χ1) is 11.1. The van der Waals surface area contributed by atoms with Crippen molar-refractivity contribution in [3.8, 4) is 17.2 Å². The van der Waals surface area contributed by atoms with Crippen LogP contribution in [0.1, 0.15) is 39.1 Å². The summed E-state index contributed by atoms with van der Waals surface area (Å²) in [5.41, 5.74) is 0.914. The molecule has 2 heterocycles. The first-order valence-electron chi connectivity index (χ1n) is 8.28. The van der Waals surface area contributed by atoms with Crippen LogP contribution in [0.4, 0.5) is 0 Å². The molecule has 1 aliphatic heterocycles. The van der Waals surface area contributed by atoms with Crippen LogP contribution in [0.2, 0.25) is 0 Å². The number of methoxy groups -OCH3 is 1. The third-order valence-corrected chi connectivity index (χ3v) is 4.58. The van der Waals surface area contributed by atoms with Gasteiger partial charge < -0.3 is 9.15 Å². The Morgan fingerprint density at radius 2 is 1.78 bits per heavy atom. The van der Waals surface area contributed by atoms with E-state index in [1.165, 1.54) is 6.42 Å². The van der Waals surface area contributed by atoms with Crippen LogP contribution in [0.25, 0.3) is 11.5 Å². The smallest absolute Gasteiger partial charge is 0.247 e. The largest absolute Gasteiger partial charge is 0.497 e. The molecule has 5 heteroatoms. The molecular weight excluding hydrogens is 290 g/mol. The maximum absolute atomic E-state index is 5.92. The SMILES string of the molecule is COc1ccc(-c2nnc([C@H](C)N3C[C@@H](C)C[C@H](C)C3)o2)cc1. The molecule has 0 aliphatic carbocycles. The predicted octanol–water partition coefficient (Wildman–Crippen LogP) is 3.78. The van der Waals surface area contributed by atoms with Gasteiger partial charge in [-0.25, -0.2) is 0 Å². The third kappa shape index (κ3) is 3.55. The number of ether oxygens (including phenoxy) is 1. The molecule has 0 spiro atoms. The highest BCUT2D eigenvalue weighted by Crippen LogP contribution is 2.30. The van der Waals surface area contributed by atoms with E-state index < -0.39 is 0 Å². The van der Waals surface area contributed by atoms with Crippen LogP contribution in [0.3, 0.4) is 0 Å². The van der Waals surface area contributed by atoms with E-state index in [1.807, 2.05) is 24.3 Å². The molecule has 2 aromatic rings. The topological polar surface area (TPSA) is 51.4 Å². The third-order valence-electron chi connectivity index (χ3n) is 4.58. The normalized spacial score (nSPS) is 23.7. The zero-order valence-electron chi connectivity index (χ0n) is 14.3. The number of benzene rings is 1. The summed E-state index contributed by atoms with van der Waals surface area (Å²) in [6, 6.07) is 7.82. The van der Waals surface area contributed by atoms with Crippen molar-refractivity contribution in [1.82, 2.24) is 15.1 Å². The van der Waals surface area contributed by atoms with Gasteiger partial charge in [-0.1, -0.05) is 13.8 Å².